The summed E-state index contributed by atoms with van der Waals surface area (Å²) < 4.78 is 44.6. The van der Waals surface area contributed by atoms with Crippen molar-refractivity contribution < 1.29 is 22.0 Å². The van der Waals surface area contributed by atoms with Crippen molar-refractivity contribution >= 4 is 27.3 Å². The predicted octanol–water partition coefficient (Wildman–Crippen LogP) is 3.70. The van der Waals surface area contributed by atoms with Gasteiger partial charge >= 0.3 is 0 Å². The third-order valence-corrected chi connectivity index (χ3v) is 5.85. The number of nitrogens with one attached hydrogen (secondary N) is 1. The van der Waals surface area contributed by atoms with Crippen LogP contribution in [-0.4, -0.2) is 39.0 Å². The van der Waals surface area contributed by atoms with Crippen LogP contribution in [0.5, 0.6) is 0 Å². The Labute approximate surface area is 181 Å². The Morgan fingerprint density at radius 1 is 1.06 bits per heavy atom. The Balaban J connectivity index is 1.89. The molecular formula is C22H24FN3O4S. The van der Waals surface area contributed by atoms with E-state index in [1.165, 1.54) is 22.7 Å². The number of carbonyl (C=O) groups excluding carboxylic acids is 1. The number of anilines is 2. The smallest absolute Gasteiger partial charge is 0.291 e. The molecule has 3 rings (SSSR count). The van der Waals surface area contributed by atoms with Crippen LogP contribution >= 0.6 is 0 Å². The summed E-state index contributed by atoms with van der Waals surface area (Å²) in [6.07, 6.45) is 2.54. The van der Waals surface area contributed by atoms with Gasteiger partial charge in [-0.1, -0.05) is 12.1 Å². The van der Waals surface area contributed by atoms with E-state index in [2.05, 4.69) is 5.32 Å². The Kier molecular flexibility index (Phi) is 6.77. The minimum Gasteiger partial charge on any atom is -0.459 e. The maximum atomic E-state index is 13.2. The number of rotatable bonds is 8. The predicted molar refractivity (Wildman–Crippen MR) is 118 cm³/mol. The molecule has 0 aliphatic carbocycles. The molecule has 9 heteroatoms. The first kappa shape index (κ1) is 22.5. The number of hydrogen-bond donors (Lipinski definition) is 1. The number of amides is 1. The van der Waals surface area contributed by atoms with Crippen LogP contribution in [0.4, 0.5) is 15.8 Å². The Hall–Kier alpha value is -3.17. The first-order valence-electron chi connectivity index (χ1n) is 9.48. The van der Waals surface area contributed by atoms with Gasteiger partial charge in [-0.25, -0.2) is 12.8 Å². The Morgan fingerprint density at radius 2 is 1.77 bits per heavy atom. The number of furan rings is 1. The number of halogens is 1. The summed E-state index contributed by atoms with van der Waals surface area (Å²) in [7, 11) is 0.137. The third-order valence-electron chi connectivity index (χ3n) is 4.65. The van der Waals surface area contributed by atoms with Gasteiger partial charge in [0, 0.05) is 38.6 Å². The highest BCUT2D eigenvalue weighted by Crippen LogP contribution is 2.26. The standard InChI is InChI=1S/C22H24FN3O4S/c1-25(2)20-11-10-19(24-22(27)21-5-4-12-30-21)13-17(20)15-26(31(3,28)29)14-16-6-8-18(23)9-7-16/h4-13H,14-15H2,1-3H3,(H,24,27). The van der Waals surface area contributed by atoms with E-state index < -0.39 is 15.9 Å². The van der Waals surface area contributed by atoms with Crippen molar-refractivity contribution in [2.24, 2.45) is 0 Å². The van der Waals surface area contributed by atoms with Crippen molar-refractivity contribution in [2.75, 3.05) is 30.6 Å². The number of nitrogens with zero attached hydrogens (tertiary/aromatic N) is 2. The van der Waals surface area contributed by atoms with Gasteiger partial charge in [0.2, 0.25) is 10.0 Å². The van der Waals surface area contributed by atoms with Crippen LogP contribution in [0.3, 0.4) is 0 Å². The number of benzene rings is 2. The molecule has 2 aromatic carbocycles. The van der Waals surface area contributed by atoms with Crippen molar-refractivity contribution in [3.63, 3.8) is 0 Å². The molecule has 0 atom stereocenters. The molecular weight excluding hydrogens is 421 g/mol. The topological polar surface area (TPSA) is 82.9 Å². The molecule has 0 aliphatic rings. The molecule has 0 saturated carbocycles. The minimum atomic E-state index is -3.57. The first-order valence-corrected chi connectivity index (χ1v) is 11.3. The first-order chi connectivity index (χ1) is 14.6. The third kappa shape index (κ3) is 5.93. The maximum Gasteiger partial charge on any atom is 0.291 e. The molecule has 0 bridgehead atoms. The second-order valence-corrected chi connectivity index (χ2v) is 9.31. The lowest BCUT2D eigenvalue weighted by Gasteiger charge is -2.24. The van der Waals surface area contributed by atoms with E-state index in [1.54, 1.807) is 36.4 Å². The van der Waals surface area contributed by atoms with Crippen LogP contribution in [0.1, 0.15) is 21.7 Å². The van der Waals surface area contributed by atoms with Gasteiger partial charge in [0.05, 0.1) is 12.5 Å². The molecule has 31 heavy (non-hydrogen) atoms. The molecule has 164 valence electrons. The molecule has 1 N–H and O–H groups in total. The van der Waals surface area contributed by atoms with E-state index in [0.717, 1.165) is 11.9 Å². The van der Waals surface area contributed by atoms with Crippen molar-refractivity contribution in [2.45, 2.75) is 13.1 Å². The Bertz CT molecular complexity index is 1140. The minimum absolute atomic E-state index is 0.0776. The molecule has 7 nitrogen and oxygen atoms in total. The molecule has 1 heterocycles. The van der Waals surface area contributed by atoms with E-state index in [4.69, 9.17) is 4.42 Å². The summed E-state index contributed by atoms with van der Waals surface area (Å²) in [6.45, 7) is 0.170. The quantitative estimate of drug-likeness (QED) is 0.572. The summed E-state index contributed by atoms with van der Waals surface area (Å²) in [5.74, 6) is -0.614. The van der Waals surface area contributed by atoms with Gasteiger partial charge in [-0.15, -0.1) is 0 Å². The molecule has 0 spiro atoms. The Morgan fingerprint density at radius 3 is 2.35 bits per heavy atom. The largest absolute Gasteiger partial charge is 0.459 e. The van der Waals surface area contributed by atoms with E-state index >= 15 is 0 Å². The second-order valence-electron chi connectivity index (χ2n) is 7.33. The van der Waals surface area contributed by atoms with Crippen LogP contribution in [0.2, 0.25) is 0 Å². The summed E-state index contributed by atoms with van der Waals surface area (Å²) >= 11 is 0. The zero-order valence-electron chi connectivity index (χ0n) is 17.5. The fourth-order valence-corrected chi connectivity index (χ4v) is 3.86. The number of sulfonamides is 1. The lowest BCUT2D eigenvalue weighted by Crippen LogP contribution is -2.30. The van der Waals surface area contributed by atoms with Gasteiger partial charge in [0.15, 0.2) is 5.76 Å². The van der Waals surface area contributed by atoms with Crippen LogP contribution in [0, 0.1) is 5.82 Å². The molecule has 0 radical (unpaired) electrons. The molecule has 3 aromatic rings. The van der Waals surface area contributed by atoms with Crippen LogP contribution in [-0.2, 0) is 23.1 Å². The molecule has 1 amide bonds. The van der Waals surface area contributed by atoms with Gasteiger partial charge in [-0.05, 0) is 53.6 Å². The fraction of sp³-hybridized carbons (Fsp3) is 0.227. The van der Waals surface area contributed by atoms with Crippen LogP contribution in [0.15, 0.2) is 65.3 Å². The zero-order valence-corrected chi connectivity index (χ0v) is 18.3. The molecule has 1 aromatic heterocycles. The van der Waals surface area contributed by atoms with E-state index in [0.29, 0.717) is 16.8 Å². The molecule has 0 fully saturated rings. The monoisotopic (exact) mass is 445 g/mol. The summed E-state index contributed by atoms with van der Waals surface area (Å²) in [5.41, 5.74) is 2.69. The fourth-order valence-electron chi connectivity index (χ4n) is 3.10. The van der Waals surface area contributed by atoms with Gasteiger partial charge in [0.1, 0.15) is 5.82 Å². The summed E-state index contributed by atoms with van der Waals surface area (Å²) in [4.78, 5) is 14.2. The van der Waals surface area contributed by atoms with Gasteiger partial charge in [-0.2, -0.15) is 4.31 Å². The van der Waals surface area contributed by atoms with Crippen LogP contribution in [0.25, 0.3) is 0 Å². The van der Waals surface area contributed by atoms with Gasteiger partial charge in [0.25, 0.3) is 5.91 Å². The highest BCUT2D eigenvalue weighted by Gasteiger charge is 2.20. The SMILES string of the molecule is CN(C)c1ccc(NC(=O)c2ccco2)cc1CN(Cc1ccc(F)cc1)S(C)(=O)=O. The highest BCUT2D eigenvalue weighted by atomic mass is 32.2. The van der Waals surface area contributed by atoms with E-state index in [9.17, 15) is 17.6 Å². The average molecular weight is 446 g/mol. The molecule has 0 unspecified atom stereocenters. The summed E-state index contributed by atoms with van der Waals surface area (Å²) in [6, 6.07) is 14.2. The number of hydrogen-bond acceptors (Lipinski definition) is 5. The maximum absolute atomic E-state index is 13.2. The van der Waals surface area contributed by atoms with Gasteiger partial charge in [-0.3, -0.25) is 4.79 Å². The lowest BCUT2D eigenvalue weighted by atomic mass is 10.1. The van der Waals surface area contributed by atoms with Crippen molar-refractivity contribution in [1.29, 1.82) is 0 Å². The second kappa shape index (κ2) is 9.32. The lowest BCUT2D eigenvalue weighted by molar-refractivity contribution is 0.0996. The molecule has 0 saturated heterocycles. The van der Waals surface area contributed by atoms with E-state index in [1.807, 2.05) is 25.1 Å². The average Bonchev–Trinajstić information content (AvgIpc) is 3.23. The molecule has 0 aliphatic heterocycles. The zero-order chi connectivity index (χ0) is 22.6. The summed E-state index contributed by atoms with van der Waals surface area (Å²) in [5, 5.41) is 2.76. The number of carbonyl (C=O) groups is 1. The van der Waals surface area contributed by atoms with Crippen molar-refractivity contribution in [1.82, 2.24) is 4.31 Å². The normalized spacial score (nSPS) is 11.5. The van der Waals surface area contributed by atoms with Crippen LogP contribution < -0.4 is 10.2 Å². The van der Waals surface area contributed by atoms with E-state index in [-0.39, 0.29) is 24.7 Å². The van der Waals surface area contributed by atoms with Crippen molar-refractivity contribution in [3.8, 4) is 0 Å². The van der Waals surface area contributed by atoms with Crippen molar-refractivity contribution in [3.05, 3.63) is 83.6 Å². The van der Waals surface area contributed by atoms with Gasteiger partial charge < -0.3 is 14.6 Å². The highest BCUT2D eigenvalue weighted by molar-refractivity contribution is 7.88.